The third-order valence-electron chi connectivity index (χ3n) is 5.60. The summed E-state index contributed by atoms with van der Waals surface area (Å²) in [6, 6.07) is 12.7. The Labute approximate surface area is 162 Å². The number of likely N-dealkylation sites (N-methyl/N-ethyl adjacent to an activating group) is 1. The highest BCUT2D eigenvalue weighted by Gasteiger charge is 2.38. The fourth-order valence-corrected chi connectivity index (χ4v) is 4.17. The lowest BCUT2D eigenvalue weighted by Crippen LogP contribution is -2.38. The highest BCUT2D eigenvalue weighted by Crippen LogP contribution is 2.41. The van der Waals surface area contributed by atoms with Crippen LogP contribution in [0.2, 0.25) is 0 Å². The van der Waals surface area contributed by atoms with Crippen LogP contribution in [0, 0.1) is 5.82 Å². The molecule has 0 unspecified atom stereocenters. The molecule has 28 heavy (non-hydrogen) atoms. The summed E-state index contributed by atoms with van der Waals surface area (Å²) in [5.41, 5.74) is 9.31. The number of hydrogen-bond acceptors (Lipinski definition) is 6. The van der Waals surface area contributed by atoms with Crippen LogP contribution in [0.25, 0.3) is 11.4 Å². The SMILES string of the molecule is COc1ccc(-c2nnn[nH]2)cc1N(C)[C@H]1CC[C@H](N)[C@H]1c1ccc(F)cc1. The van der Waals surface area contributed by atoms with Gasteiger partial charge in [-0.2, -0.15) is 0 Å². The smallest absolute Gasteiger partial charge is 0.179 e. The van der Waals surface area contributed by atoms with E-state index in [0.717, 1.165) is 35.4 Å². The molecule has 1 aliphatic carbocycles. The second-order valence-corrected chi connectivity index (χ2v) is 7.13. The molecule has 8 heteroatoms. The number of ether oxygens (including phenoxy) is 1. The summed E-state index contributed by atoms with van der Waals surface area (Å²) in [4.78, 5) is 2.20. The van der Waals surface area contributed by atoms with Gasteiger partial charge >= 0.3 is 0 Å². The highest BCUT2D eigenvalue weighted by atomic mass is 19.1. The van der Waals surface area contributed by atoms with E-state index in [0.29, 0.717) is 5.82 Å². The van der Waals surface area contributed by atoms with Crippen molar-refractivity contribution in [2.24, 2.45) is 5.73 Å². The van der Waals surface area contributed by atoms with E-state index < -0.39 is 0 Å². The van der Waals surface area contributed by atoms with Crippen LogP contribution in [0.15, 0.2) is 42.5 Å². The largest absolute Gasteiger partial charge is 0.495 e. The number of halogens is 1. The van der Waals surface area contributed by atoms with E-state index in [1.54, 1.807) is 7.11 Å². The minimum atomic E-state index is -0.240. The van der Waals surface area contributed by atoms with Gasteiger partial charge in [0, 0.05) is 30.6 Å². The lowest BCUT2D eigenvalue weighted by molar-refractivity contribution is 0.412. The zero-order valence-electron chi connectivity index (χ0n) is 15.8. The molecule has 1 aliphatic rings. The molecule has 3 aromatic rings. The number of nitrogens with two attached hydrogens (primary N) is 1. The first-order chi connectivity index (χ1) is 13.6. The van der Waals surface area contributed by atoms with Crippen LogP contribution in [0.5, 0.6) is 5.75 Å². The molecule has 1 heterocycles. The van der Waals surface area contributed by atoms with Crippen LogP contribution in [-0.2, 0) is 0 Å². The zero-order valence-corrected chi connectivity index (χ0v) is 15.8. The average molecular weight is 382 g/mol. The Kier molecular flexibility index (Phi) is 4.95. The fraction of sp³-hybridized carbons (Fsp3) is 0.350. The first-order valence-corrected chi connectivity index (χ1v) is 9.24. The molecule has 1 fully saturated rings. The van der Waals surface area contributed by atoms with Crippen LogP contribution in [0.1, 0.15) is 24.3 Å². The van der Waals surface area contributed by atoms with Crippen LogP contribution in [-0.4, -0.2) is 46.9 Å². The van der Waals surface area contributed by atoms with Gasteiger partial charge in [0.2, 0.25) is 0 Å². The summed E-state index contributed by atoms with van der Waals surface area (Å²) in [5.74, 6) is 1.22. The summed E-state index contributed by atoms with van der Waals surface area (Å²) >= 11 is 0. The maximum absolute atomic E-state index is 13.4. The Bertz CT molecular complexity index is 930. The lowest BCUT2D eigenvalue weighted by atomic mass is 9.90. The van der Waals surface area contributed by atoms with Crippen molar-refractivity contribution in [3.63, 3.8) is 0 Å². The Hall–Kier alpha value is -3.00. The standard InChI is InChI=1S/C20H23FN6O/c1-27(16-9-8-15(22)19(16)12-3-6-14(21)7-4-12)17-11-13(5-10-18(17)28-2)20-23-25-26-24-20/h3-7,10-11,15-16,19H,8-9,22H2,1-2H3,(H,23,24,25,26)/t15-,16-,19+/m0/s1. The van der Waals surface area contributed by atoms with Gasteiger partial charge in [0.1, 0.15) is 11.6 Å². The molecule has 0 spiro atoms. The molecule has 1 saturated carbocycles. The highest BCUT2D eigenvalue weighted by molar-refractivity contribution is 5.69. The summed E-state index contributed by atoms with van der Waals surface area (Å²) < 4.78 is 19.0. The minimum Gasteiger partial charge on any atom is -0.495 e. The van der Waals surface area contributed by atoms with Gasteiger partial charge in [-0.1, -0.05) is 12.1 Å². The molecule has 7 nitrogen and oxygen atoms in total. The van der Waals surface area contributed by atoms with Gasteiger partial charge in [-0.15, -0.1) is 5.10 Å². The Morgan fingerprint density at radius 1 is 1.18 bits per heavy atom. The maximum Gasteiger partial charge on any atom is 0.179 e. The molecule has 0 radical (unpaired) electrons. The van der Waals surface area contributed by atoms with E-state index in [-0.39, 0.29) is 23.8 Å². The topological polar surface area (TPSA) is 93.0 Å². The lowest BCUT2D eigenvalue weighted by Gasteiger charge is -2.34. The van der Waals surface area contributed by atoms with Gasteiger partial charge < -0.3 is 15.4 Å². The molecule has 0 amide bonds. The quantitative estimate of drug-likeness (QED) is 0.705. The second-order valence-electron chi connectivity index (χ2n) is 7.13. The van der Waals surface area contributed by atoms with Gasteiger partial charge in [-0.3, -0.25) is 0 Å². The fourth-order valence-electron chi connectivity index (χ4n) is 4.17. The van der Waals surface area contributed by atoms with Crippen molar-refractivity contribution < 1.29 is 9.13 Å². The number of methoxy groups -OCH3 is 1. The normalized spacial score (nSPS) is 21.6. The van der Waals surface area contributed by atoms with Crippen LogP contribution in [0.4, 0.5) is 10.1 Å². The van der Waals surface area contributed by atoms with Gasteiger partial charge in [0.15, 0.2) is 5.82 Å². The second kappa shape index (κ2) is 7.55. The Morgan fingerprint density at radius 3 is 2.64 bits per heavy atom. The third kappa shape index (κ3) is 3.31. The van der Waals surface area contributed by atoms with E-state index >= 15 is 0 Å². The molecule has 0 saturated heterocycles. The van der Waals surface area contributed by atoms with Crippen molar-refractivity contribution >= 4 is 5.69 Å². The molecule has 0 aliphatic heterocycles. The van der Waals surface area contributed by atoms with Gasteiger partial charge in [-0.05, 0) is 59.2 Å². The number of aromatic nitrogens is 4. The molecule has 4 rings (SSSR count). The molecule has 2 aromatic carbocycles. The van der Waals surface area contributed by atoms with Crippen molar-refractivity contribution in [1.29, 1.82) is 0 Å². The van der Waals surface area contributed by atoms with Crippen molar-refractivity contribution in [3.05, 3.63) is 53.8 Å². The molecule has 146 valence electrons. The van der Waals surface area contributed by atoms with Crippen molar-refractivity contribution in [2.75, 3.05) is 19.1 Å². The van der Waals surface area contributed by atoms with Crippen molar-refractivity contribution in [2.45, 2.75) is 30.8 Å². The summed E-state index contributed by atoms with van der Waals surface area (Å²) in [6.07, 6.45) is 1.85. The minimum absolute atomic E-state index is 0.0190. The third-order valence-corrected chi connectivity index (χ3v) is 5.60. The van der Waals surface area contributed by atoms with Gasteiger partial charge in [0.05, 0.1) is 12.8 Å². The summed E-state index contributed by atoms with van der Waals surface area (Å²) in [7, 11) is 3.69. The Balaban J connectivity index is 1.70. The molecule has 1 aromatic heterocycles. The van der Waals surface area contributed by atoms with Gasteiger partial charge in [-0.25, -0.2) is 9.49 Å². The molecule has 3 N–H and O–H groups in total. The number of nitrogens with one attached hydrogen (secondary N) is 1. The zero-order chi connectivity index (χ0) is 19.7. The molecule has 3 atom stereocenters. The van der Waals surface area contributed by atoms with E-state index in [2.05, 4.69) is 25.5 Å². The van der Waals surface area contributed by atoms with Crippen LogP contribution < -0.4 is 15.4 Å². The van der Waals surface area contributed by atoms with E-state index in [4.69, 9.17) is 10.5 Å². The number of benzene rings is 2. The number of tetrazole rings is 1. The maximum atomic E-state index is 13.4. The number of anilines is 1. The van der Waals surface area contributed by atoms with Crippen LogP contribution >= 0.6 is 0 Å². The van der Waals surface area contributed by atoms with E-state index in [1.165, 1.54) is 12.1 Å². The molecular weight excluding hydrogens is 359 g/mol. The number of aromatic amines is 1. The monoisotopic (exact) mass is 382 g/mol. The van der Waals surface area contributed by atoms with E-state index in [1.807, 2.05) is 37.4 Å². The van der Waals surface area contributed by atoms with Crippen molar-refractivity contribution in [1.82, 2.24) is 20.6 Å². The number of hydrogen-bond donors (Lipinski definition) is 2. The first-order valence-electron chi connectivity index (χ1n) is 9.24. The number of H-pyrrole nitrogens is 1. The van der Waals surface area contributed by atoms with Gasteiger partial charge in [0.25, 0.3) is 0 Å². The first kappa shape index (κ1) is 18.4. The number of rotatable bonds is 5. The Morgan fingerprint density at radius 2 is 1.96 bits per heavy atom. The van der Waals surface area contributed by atoms with Crippen LogP contribution in [0.3, 0.4) is 0 Å². The summed E-state index contributed by atoms with van der Waals surface area (Å²) in [6.45, 7) is 0. The average Bonchev–Trinajstić information content (AvgIpc) is 3.38. The van der Waals surface area contributed by atoms with E-state index in [9.17, 15) is 4.39 Å². The predicted octanol–water partition coefficient (Wildman–Crippen LogP) is 2.72. The molecule has 0 bridgehead atoms. The summed E-state index contributed by atoms with van der Waals surface area (Å²) in [5, 5.41) is 14.1. The predicted molar refractivity (Wildman–Crippen MR) is 105 cm³/mol. The van der Waals surface area contributed by atoms with Crippen molar-refractivity contribution in [3.8, 4) is 17.1 Å². The number of nitrogens with zero attached hydrogens (tertiary/aromatic N) is 4. The molecular formula is C20H23FN6O.